The highest BCUT2D eigenvalue weighted by Gasteiger charge is 2.24. The lowest BCUT2D eigenvalue weighted by Crippen LogP contribution is -2.45. The van der Waals surface area contributed by atoms with Gasteiger partial charge in [-0.25, -0.2) is 19.0 Å². The number of rotatable bonds is 6. The Bertz CT molecular complexity index is 1070. The smallest absolute Gasteiger partial charge is 0.267 e. The van der Waals surface area contributed by atoms with Crippen molar-refractivity contribution in [3.05, 3.63) is 76.2 Å². The first kappa shape index (κ1) is 20.0. The van der Waals surface area contributed by atoms with Crippen molar-refractivity contribution in [3.8, 4) is 0 Å². The van der Waals surface area contributed by atoms with E-state index in [0.29, 0.717) is 5.56 Å². The fraction of sp³-hybridized carbons (Fsp3) is 0.364. The lowest BCUT2D eigenvalue weighted by Gasteiger charge is -2.36. The topological polar surface area (TPSA) is 75.9 Å². The molecule has 1 aliphatic rings. The van der Waals surface area contributed by atoms with E-state index in [1.165, 1.54) is 22.9 Å². The van der Waals surface area contributed by atoms with E-state index in [1.807, 2.05) is 13.0 Å². The Kier molecular flexibility index (Phi) is 6.02. The van der Waals surface area contributed by atoms with Gasteiger partial charge >= 0.3 is 0 Å². The molecule has 1 aliphatic heterocycles. The van der Waals surface area contributed by atoms with Gasteiger partial charge in [0.2, 0.25) is 0 Å². The molecule has 8 heteroatoms. The van der Waals surface area contributed by atoms with Crippen LogP contribution in [0.3, 0.4) is 0 Å². The van der Waals surface area contributed by atoms with Gasteiger partial charge in [-0.3, -0.25) is 4.79 Å². The molecule has 1 unspecified atom stereocenters. The molecule has 1 N–H and O–H groups in total. The highest BCUT2D eigenvalue weighted by atomic mass is 19.1. The van der Waals surface area contributed by atoms with Crippen molar-refractivity contribution in [1.29, 1.82) is 0 Å². The Morgan fingerprint density at radius 1 is 1.17 bits per heavy atom. The molecule has 0 saturated carbocycles. The number of hydrogen-bond acceptors (Lipinski definition) is 6. The average Bonchev–Trinajstić information content (AvgIpc) is 2.74. The van der Waals surface area contributed by atoms with Crippen LogP contribution < -0.4 is 15.8 Å². The molecule has 1 fully saturated rings. The van der Waals surface area contributed by atoms with E-state index >= 15 is 0 Å². The summed E-state index contributed by atoms with van der Waals surface area (Å²) in [6.45, 7) is 3.77. The Labute approximate surface area is 174 Å². The van der Waals surface area contributed by atoms with Gasteiger partial charge in [-0.2, -0.15) is 5.10 Å². The number of halogens is 1. The second kappa shape index (κ2) is 9.02. The third-order valence-corrected chi connectivity index (χ3v) is 5.32. The van der Waals surface area contributed by atoms with Crippen LogP contribution in [0.25, 0.3) is 0 Å². The molecule has 7 nitrogen and oxygen atoms in total. The molecule has 3 aromatic rings. The van der Waals surface area contributed by atoms with Gasteiger partial charge in [-0.15, -0.1) is 0 Å². The SMILES string of the molecule is Cc1cc(NCC2CCCCN2c2ccc(=O)n(Cc3cccc(F)c3)n2)ncn1. The molecule has 0 bridgehead atoms. The van der Waals surface area contributed by atoms with Crippen LogP contribution in [0, 0.1) is 12.7 Å². The lowest BCUT2D eigenvalue weighted by molar-refractivity contribution is 0.462. The summed E-state index contributed by atoms with van der Waals surface area (Å²) in [5.41, 5.74) is 1.42. The number of piperidine rings is 1. The third-order valence-electron chi connectivity index (χ3n) is 5.32. The Hall–Kier alpha value is -3.29. The van der Waals surface area contributed by atoms with Crippen LogP contribution in [0.1, 0.15) is 30.5 Å². The minimum absolute atomic E-state index is 0.203. The van der Waals surface area contributed by atoms with Crippen molar-refractivity contribution < 1.29 is 4.39 Å². The van der Waals surface area contributed by atoms with E-state index < -0.39 is 0 Å². The first-order valence-electron chi connectivity index (χ1n) is 10.2. The monoisotopic (exact) mass is 408 g/mol. The Morgan fingerprint density at radius 2 is 2.07 bits per heavy atom. The summed E-state index contributed by atoms with van der Waals surface area (Å²) in [5.74, 6) is 1.24. The van der Waals surface area contributed by atoms with E-state index in [9.17, 15) is 9.18 Å². The molecule has 2 aromatic heterocycles. The van der Waals surface area contributed by atoms with Gasteiger partial charge in [-0.05, 0) is 49.9 Å². The summed E-state index contributed by atoms with van der Waals surface area (Å²) < 4.78 is 14.9. The molecule has 30 heavy (non-hydrogen) atoms. The zero-order chi connectivity index (χ0) is 20.9. The highest BCUT2D eigenvalue weighted by Crippen LogP contribution is 2.23. The fourth-order valence-electron chi connectivity index (χ4n) is 3.80. The molecule has 1 aromatic carbocycles. The van der Waals surface area contributed by atoms with Crippen LogP contribution in [0.4, 0.5) is 16.0 Å². The normalized spacial score (nSPS) is 16.5. The zero-order valence-corrected chi connectivity index (χ0v) is 17.0. The van der Waals surface area contributed by atoms with E-state index in [-0.39, 0.29) is 24.0 Å². The highest BCUT2D eigenvalue weighted by molar-refractivity contribution is 5.41. The van der Waals surface area contributed by atoms with Crippen molar-refractivity contribution in [2.75, 3.05) is 23.3 Å². The number of nitrogens with zero attached hydrogens (tertiary/aromatic N) is 5. The number of nitrogens with one attached hydrogen (secondary N) is 1. The third kappa shape index (κ3) is 4.82. The number of aromatic nitrogens is 4. The summed E-state index contributed by atoms with van der Waals surface area (Å²) in [7, 11) is 0. The number of anilines is 2. The van der Waals surface area contributed by atoms with Crippen LogP contribution >= 0.6 is 0 Å². The van der Waals surface area contributed by atoms with E-state index in [4.69, 9.17) is 0 Å². The number of aryl methyl sites for hydroxylation is 1. The van der Waals surface area contributed by atoms with Crippen molar-refractivity contribution in [1.82, 2.24) is 19.7 Å². The van der Waals surface area contributed by atoms with Crippen LogP contribution in [-0.4, -0.2) is 38.9 Å². The molecule has 0 spiro atoms. The molecule has 1 atom stereocenters. The summed E-state index contributed by atoms with van der Waals surface area (Å²) >= 11 is 0. The summed E-state index contributed by atoms with van der Waals surface area (Å²) in [6, 6.07) is 11.7. The minimum atomic E-state index is -0.321. The van der Waals surface area contributed by atoms with Gasteiger partial charge in [-0.1, -0.05) is 12.1 Å². The molecular weight excluding hydrogens is 383 g/mol. The van der Waals surface area contributed by atoms with Crippen LogP contribution in [0.5, 0.6) is 0 Å². The summed E-state index contributed by atoms with van der Waals surface area (Å²) in [4.78, 5) is 23.0. The molecule has 4 rings (SSSR count). The Morgan fingerprint density at radius 3 is 2.90 bits per heavy atom. The number of benzene rings is 1. The van der Waals surface area contributed by atoms with Crippen molar-refractivity contribution in [3.63, 3.8) is 0 Å². The maximum absolute atomic E-state index is 13.5. The average molecular weight is 408 g/mol. The predicted molar refractivity (Wildman–Crippen MR) is 114 cm³/mol. The predicted octanol–water partition coefficient (Wildman–Crippen LogP) is 3.00. The van der Waals surface area contributed by atoms with Gasteiger partial charge < -0.3 is 10.2 Å². The van der Waals surface area contributed by atoms with Crippen LogP contribution in [-0.2, 0) is 6.54 Å². The maximum atomic E-state index is 13.5. The second-order valence-electron chi connectivity index (χ2n) is 7.59. The van der Waals surface area contributed by atoms with E-state index in [0.717, 1.165) is 49.7 Å². The summed E-state index contributed by atoms with van der Waals surface area (Å²) in [5, 5.41) is 7.99. The zero-order valence-electron chi connectivity index (χ0n) is 17.0. The van der Waals surface area contributed by atoms with Gasteiger partial charge in [0.1, 0.15) is 23.8 Å². The fourth-order valence-corrected chi connectivity index (χ4v) is 3.80. The summed E-state index contributed by atoms with van der Waals surface area (Å²) in [6.07, 6.45) is 4.81. The molecule has 3 heterocycles. The van der Waals surface area contributed by atoms with Crippen molar-refractivity contribution >= 4 is 11.6 Å². The van der Waals surface area contributed by atoms with E-state index in [2.05, 4.69) is 25.3 Å². The standard InChI is InChI=1S/C22H25FN6O/c1-16-11-20(26-15-25-16)24-13-19-7-2-3-10-28(19)21-8-9-22(30)29(27-21)14-17-5-4-6-18(23)12-17/h4-6,8-9,11-12,15,19H,2-3,7,10,13-14H2,1H3,(H,24,25,26). The quantitative estimate of drug-likeness (QED) is 0.676. The molecule has 0 amide bonds. The van der Waals surface area contributed by atoms with Gasteiger partial charge in [0.15, 0.2) is 0 Å². The van der Waals surface area contributed by atoms with Gasteiger partial charge in [0, 0.05) is 37.0 Å². The lowest BCUT2D eigenvalue weighted by atomic mass is 10.0. The van der Waals surface area contributed by atoms with Crippen molar-refractivity contribution in [2.45, 2.75) is 38.8 Å². The van der Waals surface area contributed by atoms with Gasteiger partial charge in [0.05, 0.1) is 6.54 Å². The first-order valence-corrected chi connectivity index (χ1v) is 10.2. The van der Waals surface area contributed by atoms with Crippen LogP contribution in [0.15, 0.2) is 53.6 Å². The number of hydrogen-bond donors (Lipinski definition) is 1. The Balaban J connectivity index is 1.52. The molecular formula is C22H25FN6O. The molecule has 0 radical (unpaired) electrons. The van der Waals surface area contributed by atoms with E-state index in [1.54, 1.807) is 24.5 Å². The van der Waals surface area contributed by atoms with Crippen molar-refractivity contribution in [2.24, 2.45) is 0 Å². The maximum Gasteiger partial charge on any atom is 0.267 e. The minimum Gasteiger partial charge on any atom is -0.368 e. The first-order chi connectivity index (χ1) is 14.6. The molecule has 1 saturated heterocycles. The molecule has 156 valence electrons. The second-order valence-corrected chi connectivity index (χ2v) is 7.59. The largest absolute Gasteiger partial charge is 0.368 e. The molecule has 0 aliphatic carbocycles. The van der Waals surface area contributed by atoms with Crippen LogP contribution in [0.2, 0.25) is 0 Å². The van der Waals surface area contributed by atoms with Gasteiger partial charge in [0.25, 0.3) is 5.56 Å².